The number of benzene rings is 2. The number of halogens is 2. The lowest BCUT2D eigenvalue weighted by Crippen LogP contribution is -2.38. The maximum Gasteiger partial charge on any atom is 0.237 e. The minimum Gasteiger partial charge on any atom is -0.379 e. The molecule has 0 saturated carbocycles. The number of carbonyl (C=O) groups excluding carboxylic acids is 1. The summed E-state index contributed by atoms with van der Waals surface area (Å²) < 4.78 is 20.9. The molecule has 10 heteroatoms. The number of thioether (sulfide) groups is 1. The number of morpholine rings is 1. The van der Waals surface area contributed by atoms with E-state index in [4.69, 9.17) is 16.3 Å². The Kier molecular flexibility index (Phi) is 7.97. The van der Waals surface area contributed by atoms with E-state index in [-0.39, 0.29) is 11.7 Å². The Balaban J connectivity index is 1.51. The normalized spacial score (nSPS) is 15.4. The first-order valence-electron chi connectivity index (χ1n) is 10.7. The maximum atomic E-state index is 13.4. The molecule has 1 fully saturated rings. The van der Waals surface area contributed by atoms with Gasteiger partial charge in [-0.1, -0.05) is 29.4 Å². The highest BCUT2D eigenvalue weighted by Crippen LogP contribution is 2.28. The molecule has 2 aromatic carbocycles. The van der Waals surface area contributed by atoms with Gasteiger partial charge in [0.25, 0.3) is 0 Å². The van der Waals surface area contributed by atoms with Crippen LogP contribution in [0.4, 0.5) is 10.1 Å². The smallest absolute Gasteiger partial charge is 0.237 e. The highest BCUT2D eigenvalue weighted by Gasteiger charge is 2.22. The molecule has 1 saturated heterocycles. The van der Waals surface area contributed by atoms with Crippen molar-refractivity contribution in [3.63, 3.8) is 0 Å². The predicted octanol–water partition coefficient (Wildman–Crippen LogP) is 4.19. The van der Waals surface area contributed by atoms with E-state index >= 15 is 0 Å². The van der Waals surface area contributed by atoms with Crippen LogP contribution < -0.4 is 5.32 Å². The first-order chi connectivity index (χ1) is 16.0. The molecule has 0 radical (unpaired) electrons. The SMILES string of the molecule is CC(Sc1nnc(-c2ccc(F)cc2)n1CCN1CCOCC1)C(=O)Nc1cccc(Cl)c1. The zero-order chi connectivity index (χ0) is 23.2. The highest BCUT2D eigenvalue weighted by atomic mass is 35.5. The van der Waals surface area contributed by atoms with Crippen LogP contribution in [-0.2, 0) is 16.1 Å². The van der Waals surface area contributed by atoms with Gasteiger partial charge in [0.05, 0.1) is 18.5 Å². The third-order valence-electron chi connectivity index (χ3n) is 5.31. The fourth-order valence-electron chi connectivity index (χ4n) is 3.48. The van der Waals surface area contributed by atoms with E-state index in [1.54, 1.807) is 36.4 Å². The van der Waals surface area contributed by atoms with Gasteiger partial charge in [-0.05, 0) is 49.4 Å². The molecular formula is C23H25ClFN5O2S. The van der Waals surface area contributed by atoms with Gasteiger partial charge in [-0.25, -0.2) is 4.39 Å². The summed E-state index contributed by atoms with van der Waals surface area (Å²) in [5.41, 5.74) is 1.41. The van der Waals surface area contributed by atoms with Crippen LogP contribution in [-0.4, -0.2) is 63.7 Å². The number of nitrogens with one attached hydrogen (secondary N) is 1. The minimum atomic E-state index is -0.420. The summed E-state index contributed by atoms with van der Waals surface area (Å²) in [6.07, 6.45) is 0. The maximum absolute atomic E-state index is 13.4. The molecule has 33 heavy (non-hydrogen) atoms. The Morgan fingerprint density at radius 3 is 2.67 bits per heavy atom. The number of amides is 1. The molecule has 1 aliphatic heterocycles. The average Bonchev–Trinajstić information content (AvgIpc) is 3.21. The van der Waals surface area contributed by atoms with Crippen LogP contribution in [0.5, 0.6) is 0 Å². The number of rotatable bonds is 8. The van der Waals surface area contributed by atoms with E-state index in [2.05, 4.69) is 20.4 Å². The van der Waals surface area contributed by atoms with Crippen molar-refractivity contribution in [2.24, 2.45) is 0 Å². The molecule has 7 nitrogen and oxygen atoms in total. The van der Waals surface area contributed by atoms with E-state index in [9.17, 15) is 9.18 Å². The van der Waals surface area contributed by atoms with Crippen LogP contribution in [0.3, 0.4) is 0 Å². The summed E-state index contributed by atoms with van der Waals surface area (Å²) in [6.45, 7) is 6.44. The molecule has 1 amide bonds. The van der Waals surface area contributed by atoms with E-state index < -0.39 is 5.25 Å². The molecule has 4 rings (SSSR count). The van der Waals surface area contributed by atoms with Crippen LogP contribution in [0, 0.1) is 5.82 Å². The third-order valence-corrected chi connectivity index (χ3v) is 6.62. The van der Waals surface area contributed by atoms with Crippen molar-refractivity contribution in [2.75, 3.05) is 38.2 Å². The van der Waals surface area contributed by atoms with Crippen LogP contribution in [0.2, 0.25) is 5.02 Å². The molecule has 1 unspecified atom stereocenters. The van der Waals surface area contributed by atoms with Gasteiger partial charge in [0.1, 0.15) is 5.82 Å². The first kappa shape index (κ1) is 23.7. The van der Waals surface area contributed by atoms with E-state index in [1.807, 2.05) is 11.5 Å². The zero-order valence-corrected chi connectivity index (χ0v) is 19.8. The summed E-state index contributed by atoms with van der Waals surface area (Å²) in [6, 6.07) is 13.2. The average molecular weight is 490 g/mol. The lowest BCUT2D eigenvalue weighted by Gasteiger charge is -2.27. The van der Waals surface area contributed by atoms with E-state index in [1.165, 1.54) is 23.9 Å². The van der Waals surface area contributed by atoms with Gasteiger partial charge in [-0.2, -0.15) is 0 Å². The van der Waals surface area contributed by atoms with Crippen molar-refractivity contribution < 1.29 is 13.9 Å². The Morgan fingerprint density at radius 2 is 1.94 bits per heavy atom. The number of nitrogens with zero attached hydrogens (tertiary/aromatic N) is 4. The summed E-state index contributed by atoms with van der Waals surface area (Å²) in [4.78, 5) is 15.1. The largest absolute Gasteiger partial charge is 0.379 e. The fourth-order valence-corrected chi connectivity index (χ4v) is 4.54. The second-order valence-electron chi connectivity index (χ2n) is 7.68. The highest BCUT2D eigenvalue weighted by molar-refractivity contribution is 8.00. The Labute approximate surface area is 201 Å². The molecule has 174 valence electrons. The van der Waals surface area contributed by atoms with Gasteiger partial charge in [0.15, 0.2) is 11.0 Å². The quantitative estimate of drug-likeness (QED) is 0.478. The molecule has 2 heterocycles. The van der Waals surface area contributed by atoms with Crippen molar-refractivity contribution in [1.29, 1.82) is 0 Å². The van der Waals surface area contributed by atoms with Crippen molar-refractivity contribution >= 4 is 35.0 Å². The summed E-state index contributed by atoms with van der Waals surface area (Å²) in [5, 5.41) is 12.4. The molecule has 0 bridgehead atoms. The van der Waals surface area contributed by atoms with Crippen LogP contribution in [0.25, 0.3) is 11.4 Å². The lowest BCUT2D eigenvalue weighted by molar-refractivity contribution is -0.115. The van der Waals surface area contributed by atoms with Gasteiger partial charge < -0.3 is 14.6 Å². The zero-order valence-electron chi connectivity index (χ0n) is 18.2. The van der Waals surface area contributed by atoms with Crippen LogP contribution in [0.15, 0.2) is 53.7 Å². The van der Waals surface area contributed by atoms with Gasteiger partial charge in [0, 0.05) is 42.5 Å². The Bertz CT molecular complexity index is 1090. The molecule has 1 N–H and O–H groups in total. The Morgan fingerprint density at radius 1 is 1.18 bits per heavy atom. The van der Waals surface area contributed by atoms with Crippen molar-refractivity contribution in [1.82, 2.24) is 19.7 Å². The fraction of sp³-hybridized carbons (Fsp3) is 0.348. The molecule has 0 spiro atoms. The number of anilines is 1. The van der Waals surface area contributed by atoms with E-state index in [0.29, 0.717) is 28.2 Å². The second-order valence-corrected chi connectivity index (χ2v) is 9.42. The second kappa shape index (κ2) is 11.1. The summed E-state index contributed by atoms with van der Waals surface area (Å²) in [7, 11) is 0. The molecule has 3 aromatic rings. The molecule has 0 aliphatic carbocycles. The Hall–Kier alpha value is -2.46. The lowest BCUT2D eigenvalue weighted by atomic mass is 10.2. The number of ether oxygens (including phenoxy) is 1. The number of carbonyl (C=O) groups is 1. The monoisotopic (exact) mass is 489 g/mol. The first-order valence-corrected chi connectivity index (χ1v) is 12.0. The standard InChI is InChI=1S/C23H25ClFN5O2S/c1-16(22(31)26-20-4-2-3-18(24)15-20)33-23-28-27-21(17-5-7-19(25)8-6-17)30(23)10-9-29-11-13-32-14-12-29/h2-8,15-16H,9-14H2,1H3,(H,26,31). The van der Waals surface area contributed by atoms with Gasteiger partial charge >= 0.3 is 0 Å². The topological polar surface area (TPSA) is 72.3 Å². The molecule has 1 aliphatic rings. The molecule has 1 aromatic heterocycles. The number of hydrogen-bond donors (Lipinski definition) is 1. The summed E-state index contributed by atoms with van der Waals surface area (Å²) >= 11 is 7.35. The predicted molar refractivity (Wildman–Crippen MR) is 128 cm³/mol. The molecule has 1 atom stereocenters. The van der Waals surface area contributed by atoms with Crippen molar-refractivity contribution in [2.45, 2.75) is 23.9 Å². The molecular weight excluding hydrogens is 465 g/mol. The van der Waals surface area contributed by atoms with Crippen LogP contribution in [0.1, 0.15) is 6.92 Å². The van der Waals surface area contributed by atoms with Gasteiger partial charge in [0.2, 0.25) is 5.91 Å². The summed E-state index contributed by atoms with van der Waals surface area (Å²) in [5.74, 6) is 0.181. The third kappa shape index (κ3) is 6.32. The minimum absolute atomic E-state index is 0.159. The van der Waals surface area contributed by atoms with Gasteiger partial charge in [-0.3, -0.25) is 9.69 Å². The van der Waals surface area contributed by atoms with Crippen LogP contribution >= 0.6 is 23.4 Å². The number of hydrogen-bond acceptors (Lipinski definition) is 6. The number of aromatic nitrogens is 3. The van der Waals surface area contributed by atoms with Gasteiger partial charge in [-0.15, -0.1) is 10.2 Å². The van der Waals surface area contributed by atoms with Crippen molar-refractivity contribution in [3.05, 3.63) is 59.4 Å². The van der Waals surface area contributed by atoms with Crippen molar-refractivity contribution in [3.8, 4) is 11.4 Å². The van der Waals surface area contributed by atoms with E-state index in [0.717, 1.165) is 38.4 Å².